The molecule has 1 saturated carbocycles. The second-order valence-electron chi connectivity index (χ2n) is 9.34. The number of fused-ring (bicyclic) bond motifs is 3. The molecule has 6 nitrogen and oxygen atoms in total. The minimum atomic E-state index is 0.234. The first-order valence-electron chi connectivity index (χ1n) is 10.9. The van der Waals surface area contributed by atoms with Crippen molar-refractivity contribution in [3.63, 3.8) is 0 Å². The topological polar surface area (TPSA) is 71.3 Å². The smallest absolute Gasteiger partial charge is 0.225 e. The van der Waals surface area contributed by atoms with E-state index in [1.54, 1.807) is 17.7 Å². The van der Waals surface area contributed by atoms with Gasteiger partial charge in [0.05, 0.1) is 24.7 Å². The molecule has 152 valence electrons. The molecule has 0 radical (unpaired) electrons. The third-order valence-electron chi connectivity index (χ3n) is 7.37. The Hall–Kier alpha value is -1.75. The molecule has 4 aliphatic rings. The van der Waals surface area contributed by atoms with Crippen LogP contribution >= 0.6 is 11.3 Å². The van der Waals surface area contributed by atoms with Gasteiger partial charge < -0.3 is 9.47 Å². The Bertz CT molecular complexity index is 963. The van der Waals surface area contributed by atoms with E-state index in [2.05, 4.69) is 20.9 Å². The third kappa shape index (κ3) is 2.96. The Balaban J connectivity index is 1.15. The molecule has 2 aromatic heterocycles. The maximum absolute atomic E-state index is 9.22. The average Bonchev–Trinajstić information content (AvgIpc) is 3.21. The van der Waals surface area contributed by atoms with Crippen molar-refractivity contribution in [2.45, 2.75) is 63.0 Å². The van der Waals surface area contributed by atoms with Crippen LogP contribution in [0.15, 0.2) is 6.33 Å². The molecule has 2 aliphatic carbocycles. The number of aromatic nitrogens is 2. The van der Waals surface area contributed by atoms with Crippen LogP contribution in [0.2, 0.25) is 0 Å². The van der Waals surface area contributed by atoms with Gasteiger partial charge in [-0.15, -0.1) is 11.3 Å². The normalized spacial score (nSPS) is 30.5. The van der Waals surface area contributed by atoms with Gasteiger partial charge in [-0.3, -0.25) is 4.90 Å². The summed E-state index contributed by atoms with van der Waals surface area (Å²) in [5.74, 6) is 1.05. The highest BCUT2D eigenvalue weighted by molar-refractivity contribution is 7.19. The van der Waals surface area contributed by atoms with Crippen molar-refractivity contribution in [1.82, 2.24) is 14.9 Å². The van der Waals surface area contributed by atoms with Crippen molar-refractivity contribution in [3.8, 4) is 11.9 Å². The Morgan fingerprint density at radius 1 is 1.21 bits per heavy atom. The van der Waals surface area contributed by atoms with Crippen LogP contribution in [0.3, 0.4) is 0 Å². The lowest BCUT2D eigenvalue weighted by molar-refractivity contribution is -0.201. The predicted molar refractivity (Wildman–Crippen MR) is 110 cm³/mol. The lowest BCUT2D eigenvalue weighted by Gasteiger charge is -2.58. The van der Waals surface area contributed by atoms with Gasteiger partial charge in [-0.2, -0.15) is 5.26 Å². The summed E-state index contributed by atoms with van der Waals surface area (Å²) >= 11 is 1.76. The Morgan fingerprint density at radius 2 is 2.03 bits per heavy atom. The fourth-order valence-corrected chi connectivity index (χ4v) is 7.01. The van der Waals surface area contributed by atoms with Gasteiger partial charge in [-0.05, 0) is 50.0 Å². The standard InChI is InChI=1S/C22H26N4O2S/c23-8-7-14-1-6-17-18(14)19-20(24-13-25-21(19)29-17)28-16-4-2-15(3-5-16)26-9-22(10-26)11-27-12-22/h13-16H,1-7,9-12H2/t14-,15?,16?/m1/s1. The van der Waals surface area contributed by atoms with Gasteiger partial charge in [-0.25, -0.2) is 9.97 Å². The second-order valence-corrected chi connectivity index (χ2v) is 10.4. The van der Waals surface area contributed by atoms with Crippen LogP contribution in [-0.2, 0) is 11.2 Å². The van der Waals surface area contributed by atoms with E-state index in [1.165, 1.54) is 36.4 Å². The van der Waals surface area contributed by atoms with E-state index in [0.29, 0.717) is 23.8 Å². The number of ether oxygens (including phenoxy) is 2. The van der Waals surface area contributed by atoms with Crippen LogP contribution in [0.5, 0.6) is 5.88 Å². The molecule has 0 bridgehead atoms. The summed E-state index contributed by atoms with van der Waals surface area (Å²) in [6, 6.07) is 3.06. The van der Waals surface area contributed by atoms with Crippen molar-refractivity contribution in [3.05, 3.63) is 16.8 Å². The highest BCUT2D eigenvalue weighted by atomic mass is 32.1. The van der Waals surface area contributed by atoms with Crippen molar-refractivity contribution in [2.24, 2.45) is 5.41 Å². The molecule has 4 heterocycles. The Kier molecular flexibility index (Phi) is 4.30. The maximum Gasteiger partial charge on any atom is 0.225 e. The van der Waals surface area contributed by atoms with Crippen LogP contribution in [-0.4, -0.2) is 53.3 Å². The zero-order chi connectivity index (χ0) is 19.4. The first-order valence-corrected chi connectivity index (χ1v) is 11.7. The van der Waals surface area contributed by atoms with Crippen LogP contribution < -0.4 is 4.74 Å². The van der Waals surface area contributed by atoms with E-state index in [9.17, 15) is 5.26 Å². The summed E-state index contributed by atoms with van der Waals surface area (Å²) in [5.41, 5.74) is 1.79. The summed E-state index contributed by atoms with van der Waals surface area (Å²) in [6.07, 6.45) is 9.13. The van der Waals surface area contributed by atoms with E-state index in [0.717, 1.165) is 55.0 Å². The van der Waals surface area contributed by atoms with Crippen molar-refractivity contribution in [1.29, 1.82) is 5.26 Å². The molecule has 0 N–H and O–H groups in total. The number of nitriles is 1. The molecule has 1 spiro atoms. The van der Waals surface area contributed by atoms with Gasteiger partial charge >= 0.3 is 0 Å². The number of nitrogens with zero attached hydrogens (tertiary/aromatic N) is 4. The molecular weight excluding hydrogens is 384 g/mol. The van der Waals surface area contributed by atoms with Crippen LogP contribution in [0.25, 0.3) is 10.2 Å². The van der Waals surface area contributed by atoms with Gasteiger partial charge in [-0.1, -0.05) is 0 Å². The number of rotatable bonds is 4. The van der Waals surface area contributed by atoms with Gasteiger partial charge in [0.1, 0.15) is 17.3 Å². The van der Waals surface area contributed by atoms with E-state index >= 15 is 0 Å². The minimum absolute atomic E-state index is 0.234. The summed E-state index contributed by atoms with van der Waals surface area (Å²) in [5, 5.41) is 10.3. The molecule has 7 heteroatoms. The van der Waals surface area contributed by atoms with E-state index in [1.807, 2.05) is 0 Å². The summed E-state index contributed by atoms with van der Waals surface area (Å²) in [4.78, 5) is 14.1. The number of hydrogen-bond donors (Lipinski definition) is 0. The zero-order valence-electron chi connectivity index (χ0n) is 16.6. The number of hydrogen-bond acceptors (Lipinski definition) is 7. The molecule has 3 fully saturated rings. The summed E-state index contributed by atoms with van der Waals surface area (Å²) in [6.45, 7) is 4.36. The second kappa shape index (κ2) is 6.90. The Morgan fingerprint density at radius 3 is 2.76 bits per heavy atom. The predicted octanol–water partition coefficient (Wildman–Crippen LogP) is 3.66. The Labute approximate surface area is 174 Å². The van der Waals surface area contributed by atoms with Crippen molar-refractivity contribution >= 4 is 21.6 Å². The molecule has 0 amide bonds. The van der Waals surface area contributed by atoms with Crippen LogP contribution in [0.1, 0.15) is 54.9 Å². The summed E-state index contributed by atoms with van der Waals surface area (Å²) < 4.78 is 11.9. The molecular formula is C22H26N4O2S. The van der Waals surface area contributed by atoms with E-state index in [4.69, 9.17) is 9.47 Å². The molecule has 0 aromatic carbocycles. The first kappa shape index (κ1) is 18.1. The molecule has 1 atom stereocenters. The number of likely N-dealkylation sites (tertiary alicyclic amines) is 1. The van der Waals surface area contributed by atoms with E-state index in [-0.39, 0.29) is 6.10 Å². The first-order chi connectivity index (χ1) is 14.2. The van der Waals surface area contributed by atoms with E-state index < -0.39 is 0 Å². The molecule has 2 aromatic rings. The number of thiophene rings is 1. The summed E-state index contributed by atoms with van der Waals surface area (Å²) in [7, 11) is 0. The molecule has 29 heavy (non-hydrogen) atoms. The monoisotopic (exact) mass is 410 g/mol. The van der Waals surface area contributed by atoms with Gasteiger partial charge in [0.15, 0.2) is 0 Å². The quantitative estimate of drug-likeness (QED) is 0.766. The van der Waals surface area contributed by atoms with Crippen LogP contribution in [0, 0.1) is 16.7 Å². The highest BCUT2D eigenvalue weighted by Crippen LogP contribution is 2.47. The van der Waals surface area contributed by atoms with Crippen molar-refractivity contribution in [2.75, 3.05) is 26.3 Å². The fourth-order valence-electron chi connectivity index (χ4n) is 5.78. The fraction of sp³-hybridized carbons (Fsp3) is 0.682. The lowest BCUT2D eigenvalue weighted by Crippen LogP contribution is -2.68. The molecule has 2 aliphatic heterocycles. The highest BCUT2D eigenvalue weighted by Gasteiger charge is 2.51. The van der Waals surface area contributed by atoms with Gasteiger partial charge in [0, 0.05) is 35.8 Å². The lowest BCUT2D eigenvalue weighted by atomic mass is 9.75. The third-order valence-corrected chi connectivity index (χ3v) is 8.54. The molecule has 6 rings (SSSR count). The van der Waals surface area contributed by atoms with Gasteiger partial charge in [0.2, 0.25) is 5.88 Å². The molecule has 0 unspecified atom stereocenters. The molecule has 2 saturated heterocycles. The zero-order valence-corrected chi connectivity index (χ0v) is 17.4. The van der Waals surface area contributed by atoms with Crippen LogP contribution in [0.4, 0.5) is 0 Å². The SMILES string of the molecule is N#CC[C@H]1CCc2sc3ncnc(OC4CCC(N5CC6(COC6)C5)CC4)c3c21. The minimum Gasteiger partial charge on any atom is -0.474 e. The maximum atomic E-state index is 9.22. The average molecular weight is 411 g/mol. The largest absolute Gasteiger partial charge is 0.474 e. The number of aryl methyl sites for hydroxylation is 1. The van der Waals surface area contributed by atoms with Gasteiger partial charge in [0.25, 0.3) is 0 Å². The van der Waals surface area contributed by atoms with Crippen molar-refractivity contribution < 1.29 is 9.47 Å².